The molecule has 0 amide bonds. The van der Waals surface area contributed by atoms with E-state index in [0.29, 0.717) is 12.2 Å². The van der Waals surface area contributed by atoms with Crippen molar-refractivity contribution in [1.29, 1.82) is 0 Å². The number of para-hydroxylation sites is 1. The Balaban J connectivity index is 1.71. The lowest BCUT2D eigenvalue weighted by molar-refractivity contribution is 0.228. The molecule has 1 fully saturated rings. The van der Waals surface area contributed by atoms with Gasteiger partial charge in [-0.1, -0.05) is 24.6 Å². The Hall–Kier alpha value is -2.25. The van der Waals surface area contributed by atoms with Gasteiger partial charge in [0, 0.05) is 12.8 Å². The molecule has 0 aliphatic carbocycles. The molecule has 2 heterocycles. The number of H-pyrrole nitrogens is 1. The highest BCUT2D eigenvalue weighted by molar-refractivity contribution is 7.71. The highest BCUT2D eigenvalue weighted by atomic mass is 32.1. The second kappa shape index (κ2) is 8.91. The van der Waals surface area contributed by atoms with Crippen LogP contribution in [0, 0.1) is 4.77 Å². The molecule has 0 saturated carbocycles. The lowest BCUT2D eigenvalue weighted by Crippen LogP contribution is -2.30. The molecule has 7 heteroatoms. The molecule has 0 spiro atoms. The van der Waals surface area contributed by atoms with Gasteiger partial charge in [0.1, 0.15) is 5.56 Å². The van der Waals surface area contributed by atoms with Crippen molar-refractivity contribution in [3.63, 3.8) is 0 Å². The first-order valence-corrected chi connectivity index (χ1v) is 9.43. The molecule has 6 nitrogen and oxygen atoms in total. The van der Waals surface area contributed by atoms with Gasteiger partial charge in [0.15, 0.2) is 4.77 Å². The molecular weight excluding hydrogens is 348 g/mol. The molecule has 0 bridgehead atoms. The van der Waals surface area contributed by atoms with Crippen molar-refractivity contribution >= 4 is 18.4 Å². The Morgan fingerprint density at radius 1 is 1.19 bits per heavy atom. The van der Waals surface area contributed by atoms with Gasteiger partial charge in [-0.05, 0) is 63.2 Å². The van der Waals surface area contributed by atoms with Crippen molar-refractivity contribution in [3.8, 4) is 11.6 Å². The summed E-state index contributed by atoms with van der Waals surface area (Å²) in [6.45, 7) is 3.98. The van der Waals surface area contributed by atoms with Gasteiger partial charge in [-0.15, -0.1) is 0 Å². The molecule has 0 radical (unpaired) electrons. The number of likely N-dealkylation sites (tertiary alicyclic amines) is 1. The quantitative estimate of drug-likeness (QED) is 0.465. The smallest absolute Gasteiger partial charge is 0.264 e. The first kappa shape index (κ1) is 18.5. The number of hydrogen-bond acceptors (Lipinski definition) is 5. The topological polar surface area (TPSA) is 73.6 Å². The van der Waals surface area contributed by atoms with Gasteiger partial charge >= 0.3 is 0 Å². The predicted octanol–water partition coefficient (Wildman–Crippen LogP) is 2.90. The number of benzene rings is 1. The van der Waals surface area contributed by atoms with E-state index in [1.807, 2.05) is 30.3 Å². The summed E-state index contributed by atoms with van der Waals surface area (Å²) in [4.78, 5) is 21.6. The number of aliphatic imine (C=N–C) groups is 1. The number of nitrogens with zero attached hydrogens (tertiary/aromatic N) is 3. The van der Waals surface area contributed by atoms with Gasteiger partial charge in [0.25, 0.3) is 5.56 Å². The van der Waals surface area contributed by atoms with Gasteiger partial charge in [-0.2, -0.15) is 0 Å². The average Bonchev–Trinajstić information content (AvgIpc) is 2.65. The van der Waals surface area contributed by atoms with Crippen LogP contribution in [0.15, 0.2) is 40.1 Å². The molecule has 0 unspecified atom stereocenters. The molecule has 26 heavy (non-hydrogen) atoms. The van der Waals surface area contributed by atoms with E-state index in [4.69, 9.17) is 12.2 Å². The predicted molar refractivity (Wildman–Crippen MR) is 106 cm³/mol. The van der Waals surface area contributed by atoms with E-state index in [9.17, 15) is 9.90 Å². The van der Waals surface area contributed by atoms with Crippen LogP contribution in [-0.2, 0) is 0 Å². The highest BCUT2D eigenvalue weighted by Gasteiger charge is 2.12. The number of nitrogens with one attached hydrogen (secondary N) is 1. The Morgan fingerprint density at radius 2 is 1.92 bits per heavy atom. The fraction of sp³-hybridized carbons (Fsp3) is 0.421. The van der Waals surface area contributed by atoms with Crippen LogP contribution in [0.3, 0.4) is 0 Å². The number of aromatic nitrogens is 2. The Kier molecular flexibility index (Phi) is 6.35. The second-order valence-corrected chi connectivity index (χ2v) is 6.85. The first-order chi connectivity index (χ1) is 12.7. The third-order valence-electron chi connectivity index (χ3n) is 4.57. The highest BCUT2D eigenvalue weighted by Crippen LogP contribution is 2.18. The molecule has 2 N–H and O–H groups in total. The maximum absolute atomic E-state index is 12.2. The maximum atomic E-state index is 12.2. The molecule has 3 rings (SSSR count). The minimum atomic E-state index is -0.431. The third-order valence-corrected chi connectivity index (χ3v) is 4.85. The van der Waals surface area contributed by atoms with E-state index in [1.165, 1.54) is 43.1 Å². The van der Waals surface area contributed by atoms with Gasteiger partial charge in [-0.25, -0.2) is 0 Å². The van der Waals surface area contributed by atoms with Crippen LogP contribution in [0.1, 0.15) is 31.2 Å². The molecule has 1 aromatic heterocycles. The minimum Gasteiger partial charge on any atom is -0.494 e. The number of rotatable bonds is 6. The van der Waals surface area contributed by atoms with Gasteiger partial charge in [-0.3, -0.25) is 19.3 Å². The molecular formula is C19H24N4O2S. The van der Waals surface area contributed by atoms with E-state index >= 15 is 0 Å². The van der Waals surface area contributed by atoms with E-state index in [-0.39, 0.29) is 16.2 Å². The van der Waals surface area contributed by atoms with E-state index in [2.05, 4.69) is 14.9 Å². The van der Waals surface area contributed by atoms with Crippen LogP contribution in [-0.4, -0.2) is 52.0 Å². The average molecular weight is 372 g/mol. The Morgan fingerprint density at radius 3 is 2.65 bits per heavy atom. The minimum absolute atomic E-state index is 0.125. The summed E-state index contributed by atoms with van der Waals surface area (Å²) in [6.07, 6.45) is 6.27. The normalized spacial score (nSPS) is 15.5. The van der Waals surface area contributed by atoms with Crippen molar-refractivity contribution < 1.29 is 5.11 Å². The maximum Gasteiger partial charge on any atom is 0.264 e. The lowest BCUT2D eigenvalue weighted by Gasteiger charge is -2.25. The van der Waals surface area contributed by atoms with E-state index in [0.717, 1.165) is 13.0 Å². The Bertz CT molecular complexity index is 867. The fourth-order valence-electron chi connectivity index (χ4n) is 3.20. The van der Waals surface area contributed by atoms with Crippen molar-refractivity contribution in [2.24, 2.45) is 4.99 Å². The van der Waals surface area contributed by atoms with Gasteiger partial charge in [0.05, 0.1) is 5.69 Å². The van der Waals surface area contributed by atoms with E-state index in [1.54, 1.807) is 0 Å². The van der Waals surface area contributed by atoms with Gasteiger partial charge in [0.2, 0.25) is 5.88 Å². The van der Waals surface area contributed by atoms with Crippen LogP contribution < -0.4 is 5.56 Å². The van der Waals surface area contributed by atoms with Crippen LogP contribution in [0.5, 0.6) is 5.88 Å². The monoisotopic (exact) mass is 372 g/mol. The van der Waals surface area contributed by atoms with Crippen molar-refractivity contribution in [3.05, 3.63) is 51.0 Å². The van der Waals surface area contributed by atoms with Crippen LogP contribution in [0.2, 0.25) is 0 Å². The van der Waals surface area contributed by atoms with Crippen LogP contribution in [0.4, 0.5) is 0 Å². The SMILES string of the molecule is O=c1[nH]c(=S)n(-c2ccccc2)c(O)c1C=NCCCN1CCCCC1. The third kappa shape index (κ3) is 4.47. The molecule has 1 aliphatic heterocycles. The molecule has 1 aliphatic rings. The Labute approximate surface area is 157 Å². The molecule has 2 aromatic rings. The summed E-state index contributed by atoms with van der Waals surface area (Å²) in [5.41, 5.74) is 0.380. The summed E-state index contributed by atoms with van der Waals surface area (Å²) in [5.74, 6) is -0.190. The summed E-state index contributed by atoms with van der Waals surface area (Å²) in [7, 11) is 0. The number of aromatic hydroxyl groups is 1. The van der Waals surface area contributed by atoms with E-state index < -0.39 is 5.56 Å². The van der Waals surface area contributed by atoms with Crippen molar-refractivity contribution in [2.75, 3.05) is 26.2 Å². The zero-order valence-corrected chi connectivity index (χ0v) is 15.5. The van der Waals surface area contributed by atoms with Gasteiger partial charge < -0.3 is 10.0 Å². The standard InChI is InChI=1S/C19H24N4O2S/c24-17-16(14-20-10-7-13-22-11-5-2-6-12-22)18(25)23(19(26)21-17)15-8-3-1-4-9-15/h1,3-4,8-9,14,25H,2,5-7,10-13H2,(H,21,24,26). The fourth-order valence-corrected chi connectivity index (χ4v) is 3.48. The molecule has 138 valence electrons. The van der Waals surface area contributed by atoms with Crippen molar-refractivity contribution in [1.82, 2.24) is 14.5 Å². The number of piperidine rings is 1. The summed E-state index contributed by atoms with van der Waals surface area (Å²) in [5, 5.41) is 10.5. The largest absolute Gasteiger partial charge is 0.494 e. The second-order valence-electron chi connectivity index (χ2n) is 6.46. The number of aromatic amines is 1. The first-order valence-electron chi connectivity index (χ1n) is 9.03. The molecule has 0 atom stereocenters. The van der Waals surface area contributed by atoms with Crippen LogP contribution >= 0.6 is 12.2 Å². The lowest BCUT2D eigenvalue weighted by atomic mass is 10.1. The summed E-state index contributed by atoms with van der Waals surface area (Å²) >= 11 is 5.19. The summed E-state index contributed by atoms with van der Waals surface area (Å²) < 4.78 is 1.59. The van der Waals surface area contributed by atoms with Crippen molar-refractivity contribution in [2.45, 2.75) is 25.7 Å². The molecule has 1 aromatic carbocycles. The zero-order valence-electron chi connectivity index (χ0n) is 14.7. The zero-order chi connectivity index (χ0) is 18.4. The summed E-state index contributed by atoms with van der Waals surface area (Å²) in [6, 6.07) is 9.19. The van der Waals surface area contributed by atoms with Crippen LogP contribution in [0.25, 0.3) is 5.69 Å². The molecule has 1 saturated heterocycles. The number of hydrogen-bond donors (Lipinski definition) is 2.